The van der Waals surface area contributed by atoms with Crippen molar-refractivity contribution in [2.24, 2.45) is 0 Å². The third kappa shape index (κ3) is 2.93. The fourth-order valence-corrected chi connectivity index (χ4v) is 3.28. The average molecular weight is 295 g/mol. The van der Waals surface area contributed by atoms with Gasteiger partial charge in [0.2, 0.25) is 0 Å². The van der Waals surface area contributed by atoms with Gasteiger partial charge in [-0.25, -0.2) is 0 Å². The van der Waals surface area contributed by atoms with E-state index < -0.39 is 0 Å². The zero-order valence-electron chi connectivity index (χ0n) is 12.0. The fourth-order valence-electron chi connectivity index (χ4n) is 3.28. The van der Waals surface area contributed by atoms with Gasteiger partial charge in [-0.2, -0.15) is 0 Å². The number of halogens is 1. The van der Waals surface area contributed by atoms with Gasteiger partial charge >= 0.3 is 0 Å². The third-order valence-electron chi connectivity index (χ3n) is 4.50. The first-order valence-electron chi connectivity index (χ1n) is 7.39. The first kappa shape index (κ1) is 15.2. The summed E-state index contributed by atoms with van der Waals surface area (Å²) in [5, 5.41) is 3.33. The minimum Gasteiger partial charge on any atom is -0.384 e. The highest BCUT2D eigenvalue weighted by molar-refractivity contribution is 5.95. The van der Waals surface area contributed by atoms with Crippen molar-refractivity contribution in [3.8, 4) is 0 Å². The van der Waals surface area contributed by atoms with Gasteiger partial charge in [-0.1, -0.05) is 19.3 Å². The predicted molar refractivity (Wildman–Crippen MR) is 84.9 cm³/mol. The number of rotatable bonds is 2. The molecule has 0 spiro atoms. The van der Waals surface area contributed by atoms with E-state index in [9.17, 15) is 4.79 Å². The molecule has 3 nitrogen and oxygen atoms in total. The summed E-state index contributed by atoms with van der Waals surface area (Å²) in [7, 11) is 1.96. The molecular formula is C16H23ClN2O. The van der Waals surface area contributed by atoms with Gasteiger partial charge in [-0.05, 0) is 43.0 Å². The number of carbonyl (C=O) groups is 1. The number of hydrogen-bond donors (Lipinski definition) is 1. The molecule has 1 aliphatic carbocycles. The Labute approximate surface area is 127 Å². The van der Waals surface area contributed by atoms with E-state index in [0.29, 0.717) is 6.04 Å². The molecule has 4 heteroatoms. The van der Waals surface area contributed by atoms with E-state index in [1.807, 2.05) is 24.1 Å². The van der Waals surface area contributed by atoms with Crippen molar-refractivity contribution >= 4 is 24.0 Å². The van der Waals surface area contributed by atoms with Crippen LogP contribution in [0.5, 0.6) is 0 Å². The number of nitrogens with one attached hydrogen (secondary N) is 1. The molecule has 1 aliphatic heterocycles. The molecule has 0 unspecified atom stereocenters. The van der Waals surface area contributed by atoms with E-state index in [4.69, 9.17) is 0 Å². The maximum atomic E-state index is 12.5. The molecule has 0 bridgehead atoms. The molecule has 1 N–H and O–H groups in total. The van der Waals surface area contributed by atoms with Gasteiger partial charge < -0.3 is 10.2 Å². The zero-order valence-corrected chi connectivity index (χ0v) is 12.8. The lowest BCUT2D eigenvalue weighted by Gasteiger charge is -2.31. The number of anilines is 1. The molecule has 0 atom stereocenters. The summed E-state index contributed by atoms with van der Waals surface area (Å²) < 4.78 is 0. The number of carbonyl (C=O) groups excluding carboxylic acids is 1. The van der Waals surface area contributed by atoms with Crippen molar-refractivity contribution in [1.29, 1.82) is 0 Å². The summed E-state index contributed by atoms with van der Waals surface area (Å²) >= 11 is 0. The van der Waals surface area contributed by atoms with Gasteiger partial charge in [0, 0.05) is 30.9 Å². The van der Waals surface area contributed by atoms with Crippen LogP contribution < -0.4 is 5.32 Å². The van der Waals surface area contributed by atoms with Gasteiger partial charge in [-0.3, -0.25) is 4.79 Å². The molecule has 20 heavy (non-hydrogen) atoms. The smallest absolute Gasteiger partial charge is 0.253 e. The molecule has 0 saturated heterocycles. The van der Waals surface area contributed by atoms with Crippen molar-refractivity contribution in [2.75, 3.05) is 18.9 Å². The van der Waals surface area contributed by atoms with Crippen molar-refractivity contribution in [1.82, 2.24) is 4.90 Å². The van der Waals surface area contributed by atoms with Crippen molar-refractivity contribution in [3.05, 3.63) is 29.3 Å². The average Bonchev–Trinajstić information content (AvgIpc) is 2.94. The molecule has 1 heterocycles. The van der Waals surface area contributed by atoms with Crippen molar-refractivity contribution < 1.29 is 4.79 Å². The van der Waals surface area contributed by atoms with Gasteiger partial charge in [0.25, 0.3) is 5.91 Å². The molecule has 1 saturated carbocycles. The lowest BCUT2D eigenvalue weighted by atomic mass is 9.94. The third-order valence-corrected chi connectivity index (χ3v) is 4.50. The Morgan fingerprint density at radius 3 is 2.75 bits per heavy atom. The number of nitrogens with zero attached hydrogens (tertiary/aromatic N) is 1. The van der Waals surface area contributed by atoms with E-state index in [1.54, 1.807) is 0 Å². The molecular weight excluding hydrogens is 272 g/mol. The van der Waals surface area contributed by atoms with E-state index in [-0.39, 0.29) is 18.3 Å². The second-order valence-corrected chi connectivity index (χ2v) is 5.76. The number of fused-ring (bicyclic) bond motifs is 1. The summed E-state index contributed by atoms with van der Waals surface area (Å²) in [6.45, 7) is 0.992. The Morgan fingerprint density at radius 1 is 1.25 bits per heavy atom. The largest absolute Gasteiger partial charge is 0.384 e. The first-order valence-corrected chi connectivity index (χ1v) is 7.39. The highest BCUT2D eigenvalue weighted by Gasteiger charge is 2.23. The van der Waals surface area contributed by atoms with Gasteiger partial charge in [0.05, 0.1) is 0 Å². The molecule has 110 valence electrons. The van der Waals surface area contributed by atoms with Crippen LogP contribution >= 0.6 is 12.4 Å². The normalized spacial score (nSPS) is 17.9. The van der Waals surface area contributed by atoms with Crippen LogP contribution in [-0.2, 0) is 6.42 Å². The Hall–Kier alpha value is -1.22. The molecule has 1 aromatic carbocycles. The van der Waals surface area contributed by atoms with Crippen molar-refractivity contribution in [2.45, 2.75) is 44.6 Å². The quantitative estimate of drug-likeness (QED) is 0.906. The second kappa shape index (κ2) is 6.49. The van der Waals surface area contributed by atoms with E-state index in [0.717, 1.165) is 31.4 Å². The lowest BCUT2D eigenvalue weighted by Crippen LogP contribution is -2.38. The minimum atomic E-state index is 0. The summed E-state index contributed by atoms with van der Waals surface area (Å²) in [6, 6.07) is 6.51. The van der Waals surface area contributed by atoms with Crippen LogP contribution in [0.3, 0.4) is 0 Å². The fraction of sp³-hybridized carbons (Fsp3) is 0.562. The molecule has 3 rings (SSSR count). The highest BCUT2D eigenvalue weighted by Crippen LogP contribution is 2.26. The Kier molecular flexibility index (Phi) is 4.92. The van der Waals surface area contributed by atoms with Gasteiger partial charge in [0.1, 0.15) is 0 Å². The molecule has 1 amide bonds. The monoisotopic (exact) mass is 294 g/mol. The zero-order chi connectivity index (χ0) is 13.2. The summed E-state index contributed by atoms with van der Waals surface area (Å²) in [5.41, 5.74) is 3.32. The number of amides is 1. The van der Waals surface area contributed by atoms with Crippen LogP contribution in [0, 0.1) is 0 Å². The Morgan fingerprint density at radius 2 is 2.00 bits per heavy atom. The SMILES string of the molecule is CN(C(=O)c1ccc2c(c1)CCN2)C1CCCCC1.Cl. The van der Waals surface area contributed by atoms with E-state index in [2.05, 4.69) is 11.4 Å². The molecule has 0 radical (unpaired) electrons. The van der Waals surface area contributed by atoms with E-state index >= 15 is 0 Å². The van der Waals surface area contributed by atoms with Crippen LogP contribution in [-0.4, -0.2) is 30.4 Å². The molecule has 2 aliphatic rings. The van der Waals surface area contributed by atoms with Crippen LogP contribution in [0.1, 0.15) is 48.0 Å². The number of benzene rings is 1. The van der Waals surface area contributed by atoms with Crippen LogP contribution in [0.4, 0.5) is 5.69 Å². The predicted octanol–water partition coefficient (Wildman–Crippen LogP) is 3.48. The second-order valence-electron chi connectivity index (χ2n) is 5.76. The van der Waals surface area contributed by atoms with Crippen LogP contribution in [0.15, 0.2) is 18.2 Å². The maximum Gasteiger partial charge on any atom is 0.253 e. The topological polar surface area (TPSA) is 32.3 Å². The minimum absolute atomic E-state index is 0. The Bertz CT molecular complexity index is 483. The Balaban J connectivity index is 0.00000147. The molecule has 1 aromatic rings. The lowest BCUT2D eigenvalue weighted by molar-refractivity contribution is 0.0696. The maximum absolute atomic E-state index is 12.5. The summed E-state index contributed by atoms with van der Waals surface area (Å²) in [4.78, 5) is 14.5. The molecule has 0 aromatic heterocycles. The molecule has 1 fully saturated rings. The van der Waals surface area contributed by atoms with Crippen LogP contribution in [0.25, 0.3) is 0 Å². The van der Waals surface area contributed by atoms with Gasteiger partial charge in [0.15, 0.2) is 0 Å². The summed E-state index contributed by atoms with van der Waals surface area (Å²) in [5.74, 6) is 0.182. The summed E-state index contributed by atoms with van der Waals surface area (Å²) in [6.07, 6.45) is 7.20. The van der Waals surface area contributed by atoms with E-state index in [1.165, 1.54) is 30.5 Å². The highest BCUT2D eigenvalue weighted by atomic mass is 35.5. The standard InChI is InChI=1S/C16H22N2O.ClH/c1-18(14-5-3-2-4-6-14)16(19)13-7-8-15-12(11-13)9-10-17-15;/h7-8,11,14,17H,2-6,9-10H2,1H3;1H. The van der Waals surface area contributed by atoms with Crippen LogP contribution in [0.2, 0.25) is 0 Å². The first-order chi connectivity index (χ1) is 9.25. The number of hydrogen-bond acceptors (Lipinski definition) is 2. The van der Waals surface area contributed by atoms with Crippen molar-refractivity contribution in [3.63, 3.8) is 0 Å². The van der Waals surface area contributed by atoms with Gasteiger partial charge in [-0.15, -0.1) is 12.4 Å².